The summed E-state index contributed by atoms with van der Waals surface area (Å²) in [5.74, 6) is -0.834. The third kappa shape index (κ3) is 5.70. The normalized spacial score (nSPS) is 18.1. The van der Waals surface area contributed by atoms with Crippen molar-refractivity contribution in [3.05, 3.63) is 53.6 Å². The van der Waals surface area contributed by atoms with Gasteiger partial charge in [0.25, 0.3) is 11.9 Å². The lowest BCUT2D eigenvalue weighted by atomic mass is 9.93. The number of nitrogens with zero attached hydrogens (tertiary/aromatic N) is 1. The van der Waals surface area contributed by atoms with Crippen LogP contribution in [0.5, 0.6) is 0 Å². The summed E-state index contributed by atoms with van der Waals surface area (Å²) in [7, 11) is 0. The Kier molecular flexibility index (Phi) is 7.41. The first kappa shape index (κ1) is 22.5. The molecule has 7 nitrogen and oxygen atoms in total. The van der Waals surface area contributed by atoms with Gasteiger partial charge in [0, 0.05) is 45.1 Å². The van der Waals surface area contributed by atoms with Crippen molar-refractivity contribution in [3.8, 4) is 0 Å². The Morgan fingerprint density at radius 2 is 1.81 bits per heavy atom. The number of aliphatic carboxylic acids is 1. The summed E-state index contributed by atoms with van der Waals surface area (Å²) in [6.07, 6.45) is 4.13. The maximum absolute atomic E-state index is 13.2. The van der Waals surface area contributed by atoms with Gasteiger partial charge in [-0.1, -0.05) is 36.4 Å². The first-order chi connectivity index (χ1) is 14.9. The van der Waals surface area contributed by atoms with E-state index in [0.29, 0.717) is 13.1 Å². The molecule has 1 fully saturated rings. The molecule has 0 saturated carbocycles. The van der Waals surface area contributed by atoms with Crippen molar-refractivity contribution >= 4 is 34.1 Å². The highest BCUT2D eigenvalue weighted by Crippen LogP contribution is 2.29. The third-order valence-corrected chi connectivity index (χ3v) is 5.41. The van der Waals surface area contributed by atoms with Gasteiger partial charge in [-0.15, -0.1) is 0 Å². The highest BCUT2D eigenvalue weighted by Gasteiger charge is 2.28. The Morgan fingerprint density at radius 1 is 1.10 bits per heavy atom. The van der Waals surface area contributed by atoms with E-state index in [1.165, 1.54) is 18.1 Å². The van der Waals surface area contributed by atoms with Crippen molar-refractivity contribution in [1.82, 2.24) is 15.5 Å². The molecule has 2 aromatic rings. The van der Waals surface area contributed by atoms with E-state index < -0.39 is 5.97 Å². The lowest BCUT2D eigenvalue weighted by Gasteiger charge is -2.20. The maximum atomic E-state index is 13.2. The van der Waals surface area contributed by atoms with E-state index in [2.05, 4.69) is 28.8 Å². The highest BCUT2D eigenvalue weighted by molar-refractivity contribution is 6.09. The molecule has 2 heterocycles. The van der Waals surface area contributed by atoms with Gasteiger partial charge in [0.15, 0.2) is 0 Å². The van der Waals surface area contributed by atoms with Gasteiger partial charge in [-0.3, -0.25) is 14.4 Å². The summed E-state index contributed by atoms with van der Waals surface area (Å²) in [4.78, 5) is 35.3. The second-order valence-electron chi connectivity index (χ2n) is 7.86. The molecule has 0 bridgehead atoms. The number of rotatable bonds is 3. The SMILES string of the molecule is CC(=O)NC1CCN(C(=O)c2cccc3c(C4=CCCNC4)cccc23)C1.CC(=O)O. The Balaban J connectivity index is 0.000000628. The van der Waals surface area contributed by atoms with Crippen LogP contribution < -0.4 is 10.6 Å². The summed E-state index contributed by atoms with van der Waals surface area (Å²) in [5, 5.41) is 15.9. The van der Waals surface area contributed by atoms with Crippen LogP contribution in [0.3, 0.4) is 0 Å². The zero-order valence-electron chi connectivity index (χ0n) is 18.0. The minimum atomic E-state index is -0.833. The van der Waals surface area contributed by atoms with Gasteiger partial charge in [0.1, 0.15) is 0 Å². The number of carboxylic acids is 1. The molecule has 2 aromatic carbocycles. The number of carboxylic acid groups (broad SMARTS) is 1. The first-order valence-corrected chi connectivity index (χ1v) is 10.5. The van der Waals surface area contributed by atoms with Gasteiger partial charge in [-0.25, -0.2) is 0 Å². The van der Waals surface area contributed by atoms with Crippen LogP contribution in [-0.2, 0) is 9.59 Å². The van der Waals surface area contributed by atoms with Gasteiger partial charge < -0.3 is 20.6 Å². The van der Waals surface area contributed by atoms with E-state index in [-0.39, 0.29) is 17.9 Å². The standard InChI is InChI=1S/C22H25N3O2.C2H4O2/c1-15(26)24-17-10-12-25(14-17)22(27)21-9-3-7-19-18(6-2-8-20(19)21)16-5-4-11-23-13-16;1-2(3)4/h2-3,5-9,17,23H,4,10-14H2,1H3,(H,24,26);1H3,(H,3,4). The molecule has 2 aliphatic heterocycles. The van der Waals surface area contributed by atoms with Crippen LogP contribution in [0.15, 0.2) is 42.5 Å². The van der Waals surface area contributed by atoms with Gasteiger partial charge in [0.2, 0.25) is 5.91 Å². The van der Waals surface area contributed by atoms with Crippen molar-refractivity contribution in [2.75, 3.05) is 26.2 Å². The number of carbonyl (C=O) groups excluding carboxylic acids is 2. The fourth-order valence-corrected chi connectivity index (χ4v) is 4.15. The van der Waals surface area contributed by atoms with Gasteiger partial charge in [-0.05, 0) is 47.4 Å². The van der Waals surface area contributed by atoms with Crippen molar-refractivity contribution < 1.29 is 19.5 Å². The van der Waals surface area contributed by atoms with Crippen molar-refractivity contribution in [3.63, 3.8) is 0 Å². The number of carbonyl (C=O) groups is 3. The fraction of sp³-hybridized carbons (Fsp3) is 0.375. The minimum absolute atomic E-state index is 0.0429. The van der Waals surface area contributed by atoms with Gasteiger partial charge >= 0.3 is 0 Å². The number of nitrogens with one attached hydrogen (secondary N) is 2. The molecule has 1 unspecified atom stereocenters. The fourth-order valence-electron chi connectivity index (χ4n) is 4.15. The second-order valence-corrected chi connectivity index (χ2v) is 7.86. The maximum Gasteiger partial charge on any atom is 0.300 e. The molecule has 2 aliphatic rings. The Labute approximate surface area is 182 Å². The molecule has 1 atom stereocenters. The lowest BCUT2D eigenvalue weighted by molar-refractivity contribution is -0.134. The lowest BCUT2D eigenvalue weighted by Crippen LogP contribution is -2.37. The van der Waals surface area contributed by atoms with Gasteiger partial charge in [-0.2, -0.15) is 0 Å². The summed E-state index contributed by atoms with van der Waals surface area (Å²) in [5.41, 5.74) is 3.23. The molecule has 1 saturated heterocycles. The van der Waals surface area contributed by atoms with E-state index in [0.717, 1.165) is 49.2 Å². The summed E-state index contributed by atoms with van der Waals surface area (Å²) < 4.78 is 0. The monoisotopic (exact) mass is 423 g/mol. The predicted octanol–water partition coefficient (Wildman–Crippen LogP) is 2.66. The molecule has 31 heavy (non-hydrogen) atoms. The van der Waals surface area contributed by atoms with E-state index >= 15 is 0 Å². The molecule has 7 heteroatoms. The number of hydrogen-bond donors (Lipinski definition) is 3. The largest absolute Gasteiger partial charge is 0.481 e. The predicted molar refractivity (Wildman–Crippen MR) is 121 cm³/mol. The molecular weight excluding hydrogens is 394 g/mol. The number of likely N-dealkylation sites (tertiary alicyclic amines) is 1. The molecule has 0 radical (unpaired) electrons. The Bertz CT molecular complexity index is 1010. The zero-order chi connectivity index (χ0) is 22.4. The quantitative estimate of drug-likeness (QED) is 0.705. The number of benzene rings is 2. The summed E-state index contributed by atoms with van der Waals surface area (Å²) in [6.45, 7) is 5.73. The molecule has 2 amide bonds. The van der Waals surface area contributed by atoms with Crippen molar-refractivity contribution in [2.45, 2.75) is 32.7 Å². The number of hydrogen-bond acceptors (Lipinski definition) is 4. The summed E-state index contributed by atoms with van der Waals surface area (Å²) >= 11 is 0. The van der Waals surface area contributed by atoms with Crippen LogP contribution in [0.4, 0.5) is 0 Å². The minimum Gasteiger partial charge on any atom is -0.481 e. The number of amides is 2. The average molecular weight is 424 g/mol. The summed E-state index contributed by atoms with van der Waals surface area (Å²) in [6, 6.07) is 12.2. The second kappa shape index (κ2) is 10.2. The molecule has 4 rings (SSSR count). The zero-order valence-corrected chi connectivity index (χ0v) is 18.0. The van der Waals surface area contributed by atoms with Gasteiger partial charge in [0.05, 0.1) is 0 Å². The van der Waals surface area contributed by atoms with E-state index in [4.69, 9.17) is 9.90 Å². The smallest absolute Gasteiger partial charge is 0.300 e. The molecule has 0 spiro atoms. The molecule has 3 N–H and O–H groups in total. The third-order valence-electron chi connectivity index (χ3n) is 5.41. The first-order valence-electron chi connectivity index (χ1n) is 10.5. The van der Waals surface area contributed by atoms with Crippen LogP contribution in [0.1, 0.15) is 42.6 Å². The van der Waals surface area contributed by atoms with Crippen molar-refractivity contribution in [2.24, 2.45) is 0 Å². The van der Waals surface area contributed by atoms with E-state index in [9.17, 15) is 9.59 Å². The Hall–Kier alpha value is -3.19. The van der Waals surface area contributed by atoms with Crippen LogP contribution >= 0.6 is 0 Å². The van der Waals surface area contributed by atoms with E-state index in [1.54, 1.807) is 0 Å². The van der Waals surface area contributed by atoms with Crippen LogP contribution in [0.2, 0.25) is 0 Å². The van der Waals surface area contributed by atoms with Crippen LogP contribution in [0.25, 0.3) is 16.3 Å². The Morgan fingerprint density at radius 3 is 2.48 bits per heavy atom. The molecule has 0 aliphatic carbocycles. The highest BCUT2D eigenvalue weighted by atomic mass is 16.4. The molecular formula is C24H29N3O4. The van der Waals surface area contributed by atoms with Crippen LogP contribution in [0, 0.1) is 0 Å². The average Bonchev–Trinajstić information content (AvgIpc) is 3.20. The van der Waals surface area contributed by atoms with Crippen molar-refractivity contribution in [1.29, 1.82) is 0 Å². The number of fused-ring (bicyclic) bond motifs is 1. The molecule has 164 valence electrons. The molecule has 0 aromatic heterocycles. The van der Waals surface area contributed by atoms with E-state index in [1.807, 2.05) is 29.2 Å². The van der Waals surface area contributed by atoms with Crippen LogP contribution in [-0.4, -0.2) is 60.0 Å². The topological polar surface area (TPSA) is 98.7 Å².